The lowest BCUT2D eigenvalue weighted by molar-refractivity contribution is 0.0957. The number of benzene rings is 9. The Balaban J connectivity index is 0.00000533. The molecule has 0 fully saturated rings. The maximum absolute atomic E-state index is 14.0. The van der Waals surface area contributed by atoms with Crippen molar-refractivity contribution in [2.45, 2.75) is 46.0 Å². The number of fused-ring (bicyclic) bond motifs is 9. The zero-order valence-electron chi connectivity index (χ0n) is 38.8. The van der Waals surface area contributed by atoms with Crippen molar-refractivity contribution < 1.29 is 15.4 Å². The van der Waals surface area contributed by atoms with E-state index in [9.17, 15) is 9.59 Å². The molecule has 0 bridgehead atoms. The fourth-order valence-electron chi connectivity index (χ4n) is 11.0. The van der Waals surface area contributed by atoms with Crippen LogP contribution in [-0.4, -0.2) is 20.7 Å². The molecule has 0 aliphatic heterocycles. The predicted octanol–water partition coefficient (Wildman–Crippen LogP) is 17.2. The molecule has 1 atom stereocenters. The molecule has 5 heteroatoms. The molecule has 12 rings (SSSR count). The van der Waals surface area contributed by atoms with Gasteiger partial charge in [-0.3, -0.25) is 9.59 Å². The summed E-state index contributed by atoms with van der Waals surface area (Å²) in [5, 5.41) is 6.45. The fraction of sp³-hybridized carbons (Fsp3) is 0.125. The van der Waals surface area contributed by atoms with Gasteiger partial charge < -0.3 is 13.6 Å². The van der Waals surface area contributed by atoms with Gasteiger partial charge in [-0.1, -0.05) is 173 Å². The summed E-state index contributed by atoms with van der Waals surface area (Å²) in [6.45, 7) is 4.39. The topological polar surface area (TPSA) is 57.1 Å². The highest BCUT2D eigenvalue weighted by atomic mass is 16.3. The molecule has 0 radical (unpaired) electrons. The molecular formula is C64H52N2O3. The van der Waals surface area contributed by atoms with Crippen LogP contribution in [-0.2, 0) is 6.42 Å². The second-order valence-corrected chi connectivity index (χ2v) is 18.5. The van der Waals surface area contributed by atoms with Gasteiger partial charge in [-0.15, -0.1) is 0 Å². The molecule has 9 aromatic carbocycles. The minimum atomic E-state index is 0. The number of ketones is 2. The summed E-state index contributed by atoms with van der Waals surface area (Å²) in [6, 6.07) is 69.3. The van der Waals surface area contributed by atoms with E-state index in [2.05, 4.69) is 163 Å². The van der Waals surface area contributed by atoms with Gasteiger partial charge in [0.1, 0.15) is 11.2 Å². The lowest BCUT2D eigenvalue weighted by atomic mass is 9.91. The van der Waals surface area contributed by atoms with E-state index in [1.165, 1.54) is 0 Å². The maximum Gasteiger partial charge on any atom is 0.167 e. The van der Waals surface area contributed by atoms with Crippen molar-refractivity contribution in [3.8, 4) is 33.6 Å². The molecule has 0 amide bonds. The van der Waals surface area contributed by atoms with E-state index in [0.29, 0.717) is 18.8 Å². The highest BCUT2D eigenvalue weighted by Gasteiger charge is 2.23. The quantitative estimate of drug-likeness (QED) is 0.108. The number of nitrogens with zero attached hydrogens (tertiary/aromatic N) is 2. The lowest BCUT2D eigenvalue weighted by Gasteiger charge is -2.13. The number of Topliss-reactive ketones (excluding diaryl/α,β-unsaturated/α-hetero) is 2. The Morgan fingerprint density at radius 2 is 1.13 bits per heavy atom. The summed E-state index contributed by atoms with van der Waals surface area (Å²) < 4.78 is 11.4. The molecule has 336 valence electrons. The summed E-state index contributed by atoms with van der Waals surface area (Å²) in [6.07, 6.45) is 4.06. The Morgan fingerprint density at radius 1 is 0.493 bits per heavy atom. The number of para-hydroxylation sites is 3. The zero-order chi connectivity index (χ0) is 46.6. The normalized spacial score (nSPS) is 12.3. The van der Waals surface area contributed by atoms with Crippen molar-refractivity contribution in [1.82, 2.24) is 9.13 Å². The fourth-order valence-corrected chi connectivity index (χ4v) is 11.0. The first kappa shape index (κ1) is 42.1. The van der Waals surface area contributed by atoms with Gasteiger partial charge in [0.25, 0.3) is 0 Å². The lowest BCUT2D eigenvalue weighted by Crippen LogP contribution is -2.08. The van der Waals surface area contributed by atoms with E-state index in [1.54, 1.807) is 0 Å². The standard InChI is InChI=1S/C64H50N2O3.H2/c1-3-17-41(4-2)36-61(68)53-28-16-31-59-63(53)52-25-11-13-30-57(52)66(59)45-21-14-20-43(38-45)48-26-15-27-51-55-40-46(33-35-62(55)69-64(48)51)65-56-29-12-10-23-49(56)54-39-44(32-34-58(54)65)47-22-8-9-24-50(47)60(67)37-42-18-6-5-7-19-42;/h5-16,18-35,38-41H,3-4,17,36-37H2,1-2H3;1H. The van der Waals surface area contributed by atoms with Crippen molar-refractivity contribution in [1.29, 1.82) is 0 Å². The molecule has 0 aliphatic carbocycles. The van der Waals surface area contributed by atoms with Crippen LogP contribution in [0.25, 0.3) is 99.2 Å². The summed E-state index contributed by atoms with van der Waals surface area (Å²) in [7, 11) is 0. The monoisotopic (exact) mass is 896 g/mol. The van der Waals surface area contributed by atoms with E-state index in [-0.39, 0.29) is 13.0 Å². The second-order valence-electron chi connectivity index (χ2n) is 18.5. The third kappa shape index (κ3) is 7.24. The van der Waals surface area contributed by atoms with Gasteiger partial charge in [0.15, 0.2) is 11.6 Å². The predicted molar refractivity (Wildman–Crippen MR) is 287 cm³/mol. The van der Waals surface area contributed by atoms with E-state index >= 15 is 0 Å². The van der Waals surface area contributed by atoms with Crippen LogP contribution >= 0.6 is 0 Å². The van der Waals surface area contributed by atoms with Crippen LogP contribution in [0.4, 0.5) is 0 Å². The summed E-state index contributed by atoms with van der Waals surface area (Å²) in [5.74, 6) is 0.706. The van der Waals surface area contributed by atoms with Crippen molar-refractivity contribution in [2.75, 3.05) is 0 Å². The third-order valence-corrected chi connectivity index (χ3v) is 14.3. The number of hydrogen-bond donors (Lipinski definition) is 0. The summed E-state index contributed by atoms with van der Waals surface area (Å²) in [4.78, 5) is 27.8. The molecule has 3 heterocycles. The molecule has 1 unspecified atom stereocenters. The van der Waals surface area contributed by atoms with Crippen molar-refractivity contribution >= 4 is 77.1 Å². The molecule has 5 nitrogen and oxygen atoms in total. The van der Waals surface area contributed by atoms with Crippen LogP contribution in [0.15, 0.2) is 205 Å². The highest BCUT2D eigenvalue weighted by molar-refractivity contribution is 6.19. The summed E-state index contributed by atoms with van der Waals surface area (Å²) in [5.41, 5.74) is 14.5. The average Bonchev–Trinajstić information content (AvgIpc) is 4.06. The molecule has 0 aliphatic rings. The van der Waals surface area contributed by atoms with E-state index in [4.69, 9.17) is 4.42 Å². The number of aromatic nitrogens is 2. The minimum Gasteiger partial charge on any atom is -0.455 e. The molecule has 69 heavy (non-hydrogen) atoms. The van der Waals surface area contributed by atoms with Crippen LogP contribution in [0, 0.1) is 5.92 Å². The van der Waals surface area contributed by atoms with Crippen LogP contribution in [0.5, 0.6) is 0 Å². The van der Waals surface area contributed by atoms with Gasteiger partial charge in [-0.2, -0.15) is 0 Å². The van der Waals surface area contributed by atoms with Gasteiger partial charge >= 0.3 is 0 Å². The summed E-state index contributed by atoms with van der Waals surface area (Å²) >= 11 is 0. The smallest absolute Gasteiger partial charge is 0.167 e. The Bertz CT molecular complexity index is 3970. The van der Waals surface area contributed by atoms with E-state index in [1.807, 2.05) is 60.7 Å². The molecular weight excluding hydrogens is 845 g/mol. The second kappa shape index (κ2) is 17.4. The van der Waals surface area contributed by atoms with Crippen LogP contribution in [0.2, 0.25) is 0 Å². The molecule has 12 aromatic rings. The largest absolute Gasteiger partial charge is 0.455 e. The highest BCUT2D eigenvalue weighted by Crippen LogP contribution is 2.42. The van der Waals surface area contributed by atoms with Crippen LogP contribution in [0.1, 0.15) is 67.2 Å². The zero-order valence-corrected chi connectivity index (χ0v) is 38.8. The van der Waals surface area contributed by atoms with E-state index in [0.717, 1.165) is 135 Å². The molecule has 0 saturated heterocycles. The number of hydrogen-bond acceptors (Lipinski definition) is 3. The van der Waals surface area contributed by atoms with E-state index < -0.39 is 0 Å². The first-order valence-corrected chi connectivity index (χ1v) is 24.3. The Kier molecular flexibility index (Phi) is 10.6. The number of furan rings is 1. The van der Waals surface area contributed by atoms with Crippen molar-refractivity contribution in [3.05, 3.63) is 217 Å². The van der Waals surface area contributed by atoms with Crippen molar-refractivity contribution in [2.24, 2.45) is 5.92 Å². The maximum atomic E-state index is 14.0. The SMILES string of the molecule is CCCC(CC)CC(=O)c1cccc2c1c1ccccc1n2-c1cccc(-c2cccc3c2oc2ccc(-n4c5ccccc5c5cc(-c6ccccc6C(=O)Cc6ccccc6)ccc54)cc23)c1.[HH]. The van der Waals surface area contributed by atoms with Gasteiger partial charge in [0, 0.05) is 74.7 Å². The van der Waals surface area contributed by atoms with Gasteiger partial charge in [-0.05, 0) is 88.8 Å². The molecule has 0 saturated carbocycles. The third-order valence-electron chi connectivity index (χ3n) is 14.3. The average molecular weight is 897 g/mol. The first-order chi connectivity index (χ1) is 34.0. The number of carbonyl (C=O) groups is 2. The molecule has 3 aromatic heterocycles. The van der Waals surface area contributed by atoms with Gasteiger partial charge in [0.2, 0.25) is 0 Å². The first-order valence-electron chi connectivity index (χ1n) is 24.3. The van der Waals surface area contributed by atoms with Crippen LogP contribution < -0.4 is 0 Å². The Labute approximate surface area is 402 Å². The number of carbonyl (C=O) groups excluding carboxylic acids is 2. The Morgan fingerprint density at radius 3 is 1.97 bits per heavy atom. The molecule has 0 N–H and O–H groups in total. The minimum absolute atomic E-state index is 0. The number of rotatable bonds is 13. The van der Waals surface area contributed by atoms with Crippen LogP contribution in [0.3, 0.4) is 0 Å². The Hall–Kier alpha value is -8.28. The van der Waals surface area contributed by atoms with Gasteiger partial charge in [0.05, 0.1) is 22.1 Å². The van der Waals surface area contributed by atoms with Gasteiger partial charge in [-0.25, -0.2) is 0 Å². The van der Waals surface area contributed by atoms with Crippen molar-refractivity contribution in [3.63, 3.8) is 0 Å². The molecule has 0 spiro atoms.